The van der Waals surface area contributed by atoms with Crippen molar-refractivity contribution in [1.29, 1.82) is 0 Å². The second kappa shape index (κ2) is 7.95. The first-order chi connectivity index (χ1) is 12.5. The van der Waals surface area contributed by atoms with Gasteiger partial charge in [-0.3, -0.25) is 20.0 Å². The quantitative estimate of drug-likeness (QED) is 0.856. The van der Waals surface area contributed by atoms with E-state index in [0.29, 0.717) is 18.8 Å². The smallest absolute Gasteiger partial charge is 0.264 e. The number of carbonyl (C=O) groups is 2. The van der Waals surface area contributed by atoms with E-state index in [2.05, 4.69) is 21.6 Å². The second-order valence-corrected chi connectivity index (χ2v) is 6.57. The number of rotatable bonds is 4. The van der Waals surface area contributed by atoms with E-state index >= 15 is 0 Å². The lowest BCUT2D eigenvalue weighted by atomic mass is 10.1. The Bertz CT molecular complexity index is 820. The highest BCUT2D eigenvalue weighted by Gasteiger charge is 2.17. The number of benzene rings is 1. The van der Waals surface area contributed by atoms with Gasteiger partial charge in [0.05, 0.1) is 0 Å². The van der Waals surface area contributed by atoms with Crippen LogP contribution in [0, 0.1) is 13.8 Å². The zero-order valence-corrected chi connectivity index (χ0v) is 15.1. The lowest BCUT2D eigenvalue weighted by Crippen LogP contribution is -2.45. The third kappa shape index (κ3) is 4.56. The van der Waals surface area contributed by atoms with Gasteiger partial charge in [-0.05, 0) is 38.8 Å². The van der Waals surface area contributed by atoms with Gasteiger partial charge in [0.1, 0.15) is 6.33 Å². The summed E-state index contributed by atoms with van der Waals surface area (Å²) in [7, 11) is 0. The molecule has 1 aliphatic heterocycles. The minimum Gasteiger partial charge on any atom is -0.273 e. The number of aryl methyl sites for hydroxylation is 2. The van der Waals surface area contributed by atoms with Gasteiger partial charge >= 0.3 is 0 Å². The molecule has 1 aromatic heterocycles. The first-order valence-corrected chi connectivity index (χ1v) is 8.80. The van der Waals surface area contributed by atoms with Crippen LogP contribution in [-0.4, -0.2) is 38.1 Å². The maximum Gasteiger partial charge on any atom is 0.264 e. The molecule has 3 rings (SSSR count). The Morgan fingerprint density at radius 2 is 1.92 bits per heavy atom. The first-order valence-electron chi connectivity index (χ1n) is 8.80. The Labute approximate surface area is 152 Å². The zero-order valence-electron chi connectivity index (χ0n) is 15.1. The first kappa shape index (κ1) is 17.8. The van der Waals surface area contributed by atoms with Crippen molar-refractivity contribution in [1.82, 2.24) is 25.2 Å². The summed E-state index contributed by atoms with van der Waals surface area (Å²) in [6.07, 6.45) is 7.68. The summed E-state index contributed by atoms with van der Waals surface area (Å²) in [5.41, 5.74) is 5.86. The SMILES string of the molecule is Cc1cc(C)cc(-c2ncn(/C=C\C(=O)NN3CCCCCC3=O)n2)c1. The van der Waals surface area contributed by atoms with E-state index < -0.39 is 0 Å². The molecule has 1 fully saturated rings. The molecule has 136 valence electrons. The number of amides is 2. The fraction of sp³-hybridized carbons (Fsp3) is 0.368. The molecule has 1 N–H and O–H groups in total. The van der Waals surface area contributed by atoms with Gasteiger partial charge < -0.3 is 0 Å². The van der Waals surface area contributed by atoms with Gasteiger partial charge in [0.2, 0.25) is 5.91 Å². The van der Waals surface area contributed by atoms with Gasteiger partial charge in [-0.1, -0.05) is 23.6 Å². The lowest BCUT2D eigenvalue weighted by Gasteiger charge is -2.20. The largest absolute Gasteiger partial charge is 0.273 e. The Kier molecular flexibility index (Phi) is 5.46. The topological polar surface area (TPSA) is 80.1 Å². The van der Waals surface area contributed by atoms with E-state index in [9.17, 15) is 9.59 Å². The predicted molar refractivity (Wildman–Crippen MR) is 98.6 cm³/mol. The van der Waals surface area contributed by atoms with E-state index in [-0.39, 0.29) is 11.8 Å². The van der Waals surface area contributed by atoms with Crippen LogP contribution in [0.5, 0.6) is 0 Å². The van der Waals surface area contributed by atoms with Crippen molar-refractivity contribution in [3.8, 4) is 11.4 Å². The molecule has 7 nitrogen and oxygen atoms in total. The van der Waals surface area contributed by atoms with Gasteiger partial charge in [-0.15, -0.1) is 5.10 Å². The monoisotopic (exact) mass is 353 g/mol. The van der Waals surface area contributed by atoms with Crippen molar-refractivity contribution < 1.29 is 9.59 Å². The predicted octanol–water partition coefficient (Wildman–Crippen LogP) is 2.47. The molecule has 0 aliphatic carbocycles. The van der Waals surface area contributed by atoms with Crippen molar-refractivity contribution in [2.24, 2.45) is 0 Å². The molecular formula is C19H23N5O2. The van der Waals surface area contributed by atoms with Crippen LogP contribution in [0.3, 0.4) is 0 Å². The van der Waals surface area contributed by atoms with Gasteiger partial charge in [-0.2, -0.15) is 0 Å². The van der Waals surface area contributed by atoms with Crippen LogP contribution in [0.25, 0.3) is 17.6 Å². The van der Waals surface area contributed by atoms with Crippen LogP contribution in [0.2, 0.25) is 0 Å². The Morgan fingerprint density at radius 1 is 1.15 bits per heavy atom. The average Bonchev–Trinajstić information content (AvgIpc) is 2.98. The number of hydrogen-bond donors (Lipinski definition) is 1. The zero-order chi connectivity index (χ0) is 18.5. The molecule has 0 radical (unpaired) electrons. The molecule has 0 unspecified atom stereocenters. The average molecular weight is 353 g/mol. The lowest BCUT2D eigenvalue weighted by molar-refractivity contribution is -0.139. The van der Waals surface area contributed by atoms with Gasteiger partial charge in [0, 0.05) is 30.8 Å². The van der Waals surface area contributed by atoms with Crippen LogP contribution in [0.15, 0.2) is 30.6 Å². The molecule has 2 heterocycles. The molecule has 2 amide bonds. The third-order valence-corrected chi connectivity index (χ3v) is 4.19. The molecular weight excluding hydrogens is 330 g/mol. The molecule has 0 bridgehead atoms. The standard InChI is InChI=1S/C19H23N5O2/c1-14-10-15(2)12-16(11-14)19-20-13-23(22-19)9-7-17(25)21-24-8-5-3-4-6-18(24)26/h7,9-13H,3-6,8H2,1-2H3,(H,21,25)/b9-7-. The molecule has 2 aromatic rings. The van der Waals surface area contributed by atoms with E-state index in [0.717, 1.165) is 36.0 Å². The number of carbonyl (C=O) groups excluding carboxylic acids is 2. The normalized spacial score (nSPS) is 15.3. The van der Waals surface area contributed by atoms with Crippen LogP contribution in [0.4, 0.5) is 0 Å². The minimum absolute atomic E-state index is 0.0397. The summed E-state index contributed by atoms with van der Waals surface area (Å²) in [4.78, 5) is 28.2. The molecule has 1 aromatic carbocycles. The molecule has 7 heteroatoms. The van der Waals surface area contributed by atoms with Crippen molar-refractivity contribution >= 4 is 18.0 Å². The molecule has 0 saturated carbocycles. The maximum atomic E-state index is 12.1. The minimum atomic E-state index is -0.358. The van der Waals surface area contributed by atoms with Crippen LogP contribution in [0.1, 0.15) is 36.8 Å². The number of hydrogen-bond acceptors (Lipinski definition) is 4. The fourth-order valence-corrected chi connectivity index (χ4v) is 3.00. The molecule has 26 heavy (non-hydrogen) atoms. The summed E-state index contributed by atoms with van der Waals surface area (Å²) in [5.74, 6) is 0.204. The molecule has 0 atom stereocenters. The summed E-state index contributed by atoms with van der Waals surface area (Å²) >= 11 is 0. The molecule has 1 saturated heterocycles. The fourth-order valence-electron chi connectivity index (χ4n) is 3.00. The van der Waals surface area contributed by atoms with E-state index in [1.165, 1.54) is 22.0 Å². The van der Waals surface area contributed by atoms with E-state index in [1.54, 1.807) is 6.33 Å². The Morgan fingerprint density at radius 3 is 2.69 bits per heavy atom. The highest BCUT2D eigenvalue weighted by molar-refractivity contribution is 5.91. The van der Waals surface area contributed by atoms with Crippen molar-refractivity contribution in [3.05, 3.63) is 41.7 Å². The number of hydrazine groups is 1. The summed E-state index contributed by atoms with van der Waals surface area (Å²) in [6.45, 7) is 4.61. The highest BCUT2D eigenvalue weighted by Crippen LogP contribution is 2.18. The van der Waals surface area contributed by atoms with Gasteiger partial charge in [0.25, 0.3) is 5.91 Å². The second-order valence-electron chi connectivity index (χ2n) is 6.57. The van der Waals surface area contributed by atoms with E-state index in [4.69, 9.17) is 0 Å². The van der Waals surface area contributed by atoms with Crippen molar-refractivity contribution in [2.75, 3.05) is 6.54 Å². The number of nitrogens with one attached hydrogen (secondary N) is 1. The Balaban J connectivity index is 1.64. The third-order valence-electron chi connectivity index (χ3n) is 4.19. The molecule has 0 spiro atoms. The van der Waals surface area contributed by atoms with E-state index in [1.807, 2.05) is 26.0 Å². The van der Waals surface area contributed by atoms with Gasteiger partial charge in [-0.25, -0.2) is 9.67 Å². The van der Waals surface area contributed by atoms with Crippen molar-refractivity contribution in [2.45, 2.75) is 39.5 Å². The maximum absolute atomic E-state index is 12.1. The summed E-state index contributed by atoms with van der Waals surface area (Å²) < 4.78 is 1.48. The number of nitrogens with zero attached hydrogens (tertiary/aromatic N) is 4. The Hall–Kier alpha value is -2.96. The van der Waals surface area contributed by atoms with Gasteiger partial charge in [0.15, 0.2) is 5.82 Å². The summed E-state index contributed by atoms with van der Waals surface area (Å²) in [6, 6.07) is 6.14. The molecule has 1 aliphatic rings. The van der Waals surface area contributed by atoms with Crippen LogP contribution in [-0.2, 0) is 9.59 Å². The van der Waals surface area contributed by atoms with Crippen LogP contribution < -0.4 is 5.43 Å². The summed E-state index contributed by atoms with van der Waals surface area (Å²) in [5, 5.41) is 5.77. The highest BCUT2D eigenvalue weighted by atomic mass is 16.2. The number of aromatic nitrogens is 3. The van der Waals surface area contributed by atoms with Crippen molar-refractivity contribution in [3.63, 3.8) is 0 Å². The van der Waals surface area contributed by atoms with Crippen LogP contribution >= 0.6 is 0 Å².